The molecule has 2 heterocycles. The lowest BCUT2D eigenvalue weighted by molar-refractivity contribution is 0.669. The second kappa shape index (κ2) is 28.7. The van der Waals surface area contributed by atoms with Crippen molar-refractivity contribution in [2.24, 2.45) is 0 Å². The van der Waals surface area contributed by atoms with Crippen LogP contribution < -0.4 is 9.80 Å². The van der Waals surface area contributed by atoms with E-state index in [0.717, 1.165) is 56.1 Å². The molecule has 20 aromatic rings. The Morgan fingerprint density at radius 2 is 0.578 bits per heavy atom. The van der Waals surface area contributed by atoms with Crippen molar-refractivity contribution in [3.05, 3.63) is 476 Å². The molecule has 4 nitrogen and oxygen atoms in total. The molecule has 0 bridgehead atoms. The van der Waals surface area contributed by atoms with Crippen molar-refractivity contribution in [1.29, 1.82) is 0 Å². The first-order valence-electron chi connectivity index (χ1n) is 40.1. The predicted octanol–water partition coefficient (Wildman–Crippen LogP) is 30.3. The summed E-state index contributed by atoms with van der Waals surface area (Å²) < 4.78 is 8.96. The number of hydrogen-bond donors (Lipinski definition) is 0. The molecule has 2 atom stereocenters. The summed E-state index contributed by atoms with van der Waals surface area (Å²) in [6, 6.07) is 161. The van der Waals surface area contributed by atoms with Crippen LogP contribution in [-0.4, -0.2) is 4.57 Å². The average Bonchev–Trinajstić information content (AvgIpc) is 1.54. The number of furan rings is 1. The highest BCUT2D eigenvalue weighted by atomic mass is 16.3. The Labute approximate surface area is 676 Å². The predicted molar refractivity (Wildman–Crippen MR) is 486 cm³/mol. The highest BCUT2D eigenvalue weighted by Gasteiger charge is 2.43. The van der Waals surface area contributed by atoms with Crippen LogP contribution in [0.5, 0.6) is 0 Å². The SMILES string of the molecule is CC1(c2ccccc2)c2ccccc2-c2c(-c3ccc(N(c4ccc(-c5ccccc5)cc4)c4ccc(-c5ccc6c(c5)c5ccccc5n6-c5ccccc5)cc4)cc3)cccc21.CC1(c2ccccc2)c2ccccc2-c2c(-c3ccc(N(c4ccc(-c5ccccc5)cc4)c4cccc5c4oc4ccccc45)cc3)cccc21. The molecule has 0 N–H and O–H groups in total. The lowest BCUT2D eigenvalue weighted by Crippen LogP contribution is -2.22. The number of benzene rings is 18. The van der Waals surface area contributed by atoms with Gasteiger partial charge in [0.05, 0.1) is 16.7 Å². The molecule has 0 amide bonds. The normalized spacial score (nSPS) is 14.4. The van der Waals surface area contributed by atoms with Crippen LogP contribution in [0.2, 0.25) is 0 Å². The van der Waals surface area contributed by atoms with E-state index in [-0.39, 0.29) is 10.8 Å². The highest BCUT2D eigenvalue weighted by molar-refractivity contribution is 6.12. The largest absolute Gasteiger partial charge is 0.454 e. The first-order chi connectivity index (χ1) is 57.3. The third-order valence-corrected chi connectivity index (χ3v) is 24.5. The molecule has 548 valence electrons. The number of rotatable bonds is 14. The van der Waals surface area contributed by atoms with E-state index in [9.17, 15) is 0 Å². The summed E-state index contributed by atoms with van der Waals surface area (Å²) in [4.78, 5) is 4.69. The van der Waals surface area contributed by atoms with E-state index in [1.807, 2.05) is 12.1 Å². The maximum Gasteiger partial charge on any atom is 0.159 e. The zero-order chi connectivity index (χ0) is 77.3. The number of hydrogen-bond acceptors (Lipinski definition) is 3. The van der Waals surface area contributed by atoms with Crippen molar-refractivity contribution in [3.63, 3.8) is 0 Å². The van der Waals surface area contributed by atoms with E-state index >= 15 is 0 Å². The quantitative estimate of drug-likeness (QED) is 0.108. The van der Waals surface area contributed by atoms with Crippen LogP contribution in [-0.2, 0) is 10.8 Å². The second-order valence-electron chi connectivity index (χ2n) is 30.8. The standard InChI is InChI=1S/C62H44N2.C50H35NO/c1-62(48-18-7-3-8-19-48)57-25-13-11-23-55(57)61-53(24-15-26-58(61)62)46-32-39-52(40-33-46)63(50-35-28-44(29-36-50)43-16-5-2-6-17-43)51-37-30-45(31-38-51)47-34-41-60-56(42-47)54-22-12-14-27-59(54)64(60)49-20-9-4-10-21-49;1-50(37-16-6-3-7-17-37)44-22-10-8-19-43(44)48-40(20-12-23-45(48)50)36-28-32-39(33-29-36)51(38-30-26-35(27-31-38)34-14-4-2-5-15-34)46-24-13-21-42-41-18-9-11-25-47(41)52-49(42)46/h2-42H,1H3;2-33H,1H3. The summed E-state index contributed by atoms with van der Waals surface area (Å²) in [7, 11) is 0. The molecular weight excluding hydrogens is 1400 g/mol. The molecule has 0 fully saturated rings. The fourth-order valence-corrected chi connectivity index (χ4v) is 18.8. The Balaban J connectivity index is 0.000000148. The van der Waals surface area contributed by atoms with Crippen molar-refractivity contribution in [1.82, 2.24) is 4.57 Å². The summed E-state index contributed by atoms with van der Waals surface area (Å²) in [5, 5.41) is 4.73. The number of aromatic nitrogens is 1. The van der Waals surface area contributed by atoms with Crippen LogP contribution in [0.3, 0.4) is 0 Å². The Bertz CT molecular complexity index is 7040. The van der Waals surface area contributed by atoms with Crippen molar-refractivity contribution >= 4 is 77.9 Å². The first-order valence-corrected chi connectivity index (χ1v) is 40.1. The van der Waals surface area contributed by atoms with Gasteiger partial charge in [-0.05, 0) is 228 Å². The smallest absolute Gasteiger partial charge is 0.159 e. The van der Waals surface area contributed by atoms with Gasteiger partial charge in [-0.15, -0.1) is 0 Å². The van der Waals surface area contributed by atoms with Crippen LogP contribution in [0.25, 0.3) is 127 Å². The molecule has 0 saturated carbocycles. The Morgan fingerprint density at radius 1 is 0.233 bits per heavy atom. The highest BCUT2D eigenvalue weighted by Crippen LogP contribution is 2.58. The fourth-order valence-electron chi connectivity index (χ4n) is 18.8. The van der Waals surface area contributed by atoms with Gasteiger partial charge in [-0.1, -0.05) is 340 Å². The van der Waals surface area contributed by atoms with Gasteiger partial charge in [0.15, 0.2) is 5.58 Å². The summed E-state index contributed by atoms with van der Waals surface area (Å²) in [6.07, 6.45) is 0. The van der Waals surface area contributed by atoms with Gasteiger partial charge in [0.2, 0.25) is 0 Å². The maximum atomic E-state index is 6.59. The minimum atomic E-state index is -0.245. The van der Waals surface area contributed by atoms with Gasteiger partial charge in [0.1, 0.15) is 5.58 Å². The molecule has 0 aliphatic heterocycles. The Morgan fingerprint density at radius 3 is 1.08 bits per heavy atom. The number of para-hydroxylation sites is 4. The van der Waals surface area contributed by atoms with E-state index in [1.54, 1.807) is 0 Å². The van der Waals surface area contributed by atoms with E-state index in [1.165, 1.54) is 139 Å². The van der Waals surface area contributed by atoms with Gasteiger partial charge in [-0.3, -0.25) is 0 Å². The molecule has 0 radical (unpaired) electrons. The zero-order valence-electron chi connectivity index (χ0n) is 64.4. The van der Waals surface area contributed by atoms with Crippen molar-refractivity contribution in [2.75, 3.05) is 9.80 Å². The minimum absolute atomic E-state index is 0.239. The van der Waals surface area contributed by atoms with Crippen molar-refractivity contribution in [2.45, 2.75) is 24.7 Å². The maximum absolute atomic E-state index is 6.59. The molecule has 4 heteroatoms. The minimum Gasteiger partial charge on any atom is -0.454 e. The van der Waals surface area contributed by atoms with Crippen LogP contribution in [0.4, 0.5) is 34.1 Å². The van der Waals surface area contributed by atoms with Gasteiger partial charge in [-0.2, -0.15) is 0 Å². The molecule has 0 saturated heterocycles. The third-order valence-electron chi connectivity index (χ3n) is 24.5. The average molecular weight is 1480 g/mol. The molecule has 18 aromatic carbocycles. The topological polar surface area (TPSA) is 24.6 Å². The Kier molecular flexibility index (Phi) is 17.1. The van der Waals surface area contributed by atoms with Crippen LogP contribution in [0.15, 0.2) is 447 Å². The van der Waals surface area contributed by atoms with Gasteiger partial charge in [0, 0.05) is 66.5 Å². The summed E-state index contributed by atoms with van der Waals surface area (Å²) >= 11 is 0. The molecule has 116 heavy (non-hydrogen) atoms. The van der Waals surface area contributed by atoms with Gasteiger partial charge in [0.25, 0.3) is 0 Å². The lowest BCUT2D eigenvalue weighted by atomic mass is 9.74. The molecular formula is C112H79N3O. The second-order valence-corrected chi connectivity index (χ2v) is 30.8. The Hall–Kier alpha value is -14.8. The number of fused-ring (bicyclic) bond motifs is 12. The van der Waals surface area contributed by atoms with Gasteiger partial charge < -0.3 is 18.8 Å². The van der Waals surface area contributed by atoms with E-state index in [2.05, 4.69) is 459 Å². The van der Waals surface area contributed by atoms with Crippen molar-refractivity contribution in [3.8, 4) is 83.6 Å². The summed E-state index contributed by atoms with van der Waals surface area (Å²) in [5.41, 5.74) is 36.6. The third kappa shape index (κ3) is 11.7. The van der Waals surface area contributed by atoms with Crippen molar-refractivity contribution < 1.29 is 4.42 Å². The van der Waals surface area contributed by atoms with Crippen LogP contribution in [0.1, 0.15) is 47.2 Å². The lowest BCUT2D eigenvalue weighted by Gasteiger charge is -2.28. The molecule has 2 aromatic heterocycles. The monoisotopic (exact) mass is 1480 g/mol. The molecule has 2 aliphatic rings. The number of anilines is 6. The molecule has 22 rings (SSSR count). The van der Waals surface area contributed by atoms with E-state index in [0.29, 0.717) is 0 Å². The van der Waals surface area contributed by atoms with Crippen LogP contribution >= 0.6 is 0 Å². The van der Waals surface area contributed by atoms with Gasteiger partial charge >= 0.3 is 0 Å². The van der Waals surface area contributed by atoms with E-state index in [4.69, 9.17) is 4.42 Å². The summed E-state index contributed by atoms with van der Waals surface area (Å²) in [5.74, 6) is 0. The molecule has 2 aliphatic carbocycles. The molecule has 2 unspecified atom stereocenters. The molecule has 0 spiro atoms. The number of nitrogens with zero attached hydrogens (tertiary/aromatic N) is 3. The van der Waals surface area contributed by atoms with Gasteiger partial charge in [-0.25, -0.2) is 0 Å². The zero-order valence-corrected chi connectivity index (χ0v) is 64.4. The van der Waals surface area contributed by atoms with Crippen LogP contribution in [0, 0.1) is 0 Å². The van der Waals surface area contributed by atoms with E-state index < -0.39 is 0 Å². The fraction of sp³-hybridized carbons (Fsp3) is 0.0357. The summed E-state index contributed by atoms with van der Waals surface area (Å²) in [6.45, 7) is 4.76. The first kappa shape index (κ1) is 69.1.